The van der Waals surface area contributed by atoms with E-state index < -0.39 is 5.97 Å². The van der Waals surface area contributed by atoms with E-state index in [9.17, 15) is 9.59 Å². The number of hydrogen-bond acceptors (Lipinski definition) is 2. The lowest BCUT2D eigenvalue weighted by Crippen LogP contribution is -2.06. The van der Waals surface area contributed by atoms with Crippen LogP contribution < -0.4 is 0 Å². The van der Waals surface area contributed by atoms with E-state index in [0.29, 0.717) is 12.0 Å². The molecule has 1 aromatic rings. The van der Waals surface area contributed by atoms with Crippen molar-refractivity contribution in [1.82, 2.24) is 0 Å². The Morgan fingerprint density at radius 2 is 1.94 bits per heavy atom. The summed E-state index contributed by atoms with van der Waals surface area (Å²) in [6.45, 7) is 3.63. The van der Waals surface area contributed by atoms with Gasteiger partial charge in [-0.3, -0.25) is 9.59 Å². The number of Topliss-reactive ketones (excluding diaryl/α,β-unsaturated/α-hetero) is 1. The molecule has 1 N–H and O–H groups in total. The zero-order valence-corrected chi connectivity index (χ0v) is 8.98. The summed E-state index contributed by atoms with van der Waals surface area (Å²) in [4.78, 5) is 22.1. The van der Waals surface area contributed by atoms with Crippen LogP contribution in [-0.2, 0) is 11.2 Å². The molecule has 0 aliphatic carbocycles. The molecule has 3 heteroatoms. The van der Waals surface area contributed by atoms with Gasteiger partial charge in [0.05, 0.1) is 6.42 Å². The number of carbonyl (C=O) groups is 2. The first kappa shape index (κ1) is 12.2. The molecule has 0 aliphatic rings. The van der Waals surface area contributed by atoms with Crippen molar-refractivity contribution >= 4 is 11.8 Å². The summed E-state index contributed by atoms with van der Waals surface area (Å²) >= 11 is 0. The second-order valence-electron chi connectivity index (χ2n) is 3.47. The highest BCUT2D eigenvalue weighted by molar-refractivity contribution is 5.98. The molecule has 0 heterocycles. The monoisotopic (exact) mass is 218 g/mol. The van der Waals surface area contributed by atoms with E-state index in [1.807, 2.05) is 12.1 Å². The minimum Gasteiger partial charge on any atom is -0.481 e. The largest absolute Gasteiger partial charge is 0.481 e. The average Bonchev–Trinajstić information content (AvgIpc) is 2.27. The van der Waals surface area contributed by atoms with Crippen molar-refractivity contribution < 1.29 is 14.7 Å². The van der Waals surface area contributed by atoms with Crippen molar-refractivity contribution in [3.63, 3.8) is 0 Å². The molecule has 0 amide bonds. The van der Waals surface area contributed by atoms with Crippen LogP contribution in [0, 0.1) is 0 Å². The normalized spacial score (nSPS) is 9.75. The van der Waals surface area contributed by atoms with Crippen LogP contribution in [0.1, 0.15) is 28.8 Å². The molecule has 0 aliphatic heterocycles. The van der Waals surface area contributed by atoms with Crippen molar-refractivity contribution in [2.75, 3.05) is 0 Å². The molecule has 0 radical (unpaired) electrons. The summed E-state index contributed by atoms with van der Waals surface area (Å²) in [5.74, 6) is -1.07. The van der Waals surface area contributed by atoms with Gasteiger partial charge < -0.3 is 5.11 Å². The molecule has 16 heavy (non-hydrogen) atoms. The van der Waals surface area contributed by atoms with Crippen molar-refractivity contribution in [3.05, 3.63) is 48.0 Å². The van der Waals surface area contributed by atoms with Gasteiger partial charge in [0.25, 0.3) is 0 Å². The predicted octanol–water partition coefficient (Wildman–Crippen LogP) is 2.46. The SMILES string of the molecule is C=CCc1ccccc1C(=O)CCC(=O)O. The van der Waals surface area contributed by atoms with Gasteiger partial charge >= 0.3 is 5.97 Å². The molecule has 1 aromatic carbocycles. The van der Waals surface area contributed by atoms with Crippen molar-refractivity contribution in [3.8, 4) is 0 Å². The summed E-state index contributed by atoms with van der Waals surface area (Å²) in [5.41, 5.74) is 1.50. The van der Waals surface area contributed by atoms with E-state index in [1.54, 1.807) is 18.2 Å². The van der Waals surface area contributed by atoms with Crippen molar-refractivity contribution in [1.29, 1.82) is 0 Å². The lowest BCUT2D eigenvalue weighted by molar-refractivity contribution is -0.136. The zero-order chi connectivity index (χ0) is 12.0. The zero-order valence-electron chi connectivity index (χ0n) is 8.98. The Hall–Kier alpha value is -1.90. The first-order chi connectivity index (χ1) is 7.65. The number of hydrogen-bond donors (Lipinski definition) is 1. The third-order valence-corrected chi connectivity index (χ3v) is 2.25. The van der Waals surface area contributed by atoms with Gasteiger partial charge in [-0.25, -0.2) is 0 Å². The maximum absolute atomic E-state index is 11.7. The quantitative estimate of drug-likeness (QED) is 0.589. The number of benzene rings is 1. The van der Waals surface area contributed by atoms with Gasteiger partial charge in [-0.05, 0) is 12.0 Å². The summed E-state index contributed by atoms with van der Waals surface area (Å²) < 4.78 is 0. The smallest absolute Gasteiger partial charge is 0.303 e. The average molecular weight is 218 g/mol. The van der Waals surface area contributed by atoms with Gasteiger partial charge in [-0.2, -0.15) is 0 Å². The number of carboxylic acid groups (broad SMARTS) is 1. The number of aliphatic carboxylic acids is 1. The van der Waals surface area contributed by atoms with E-state index in [4.69, 9.17) is 5.11 Å². The van der Waals surface area contributed by atoms with Gasteiger partial charge in [-0.1, -0.05) is 30.3 Å². The Morgan fingerprint density at radius 1 is 1.25 bits per heavy atom. The maximum atomic E-state index is 11.7. The summed E-state index contributed by atoms with van der Waals surface area (Å²) in [6, 6.07) is 7.21. The maximum Gasteiger partial charge on any atom is 0.303 e. The summed E-state index contributed by atoms with van der Waals surface area (Å²) in [5, 5.41) is 8.51. The van der Waals surface area contributed by atoms with E-state index in [0.717, 1.165) is 5.56 Å². The van der Waals surface area contributed by atoms with E-state index in [-0.39, 0.29) is 18.6 Å². The molecule has 0 saturated carbocycles. The van der Waals surface area contributed by atoms with E-state index in [1.165, 1.54) is 0 Å². The highest BCUT2D eigenvalue weighted by Crippen LogP contribution is 2.13. The lowest BCUT2D eigenvalue weighted by Gasteiger charge is -2.05. The van der Waals surface area contributed by atoms with Crippen LogP contribution >= 0.6 is 0 Å². The lowest BCUT2D eigenvalue weighted by atomic mass is 9.98. The van der Waals surface area contributed by atoms with Crippen LogP contribution in [0.3, 0.4) is 0 Å². The Bertz CT molecular complexity index is 407. The highest BCUT2D eigenvalue weighted by Gasteiger charge is 2.11. The number of rotatable bonds is 6. The second kappa shape index (κ2) is 5.85. The third kappa shape index (κ3) is 3.35. The molecule has 0 atom stereocenters. The number of carbonyl (C=O) groups excluding carboxylic acids is 1. The molecule has 3 nitrogen and oxygen atoms in total. The van der Waals surface area contributed by atoms with Crippen molar-refractivity contribution in [2.45, 2.75) is 19.3 Å². The Kier molecular flexibility index (Phi) is 4.45. The summed E-state index contributed by atoms with van der Waals surface area (Å²) in [6.07, 6.45) is 2.27. The second-order valence-corrected chi connectivity index (χ2v) is 3.47. The minimum atomic E-state index is -0.949. The number of ketones is 1. The minimum absolute atomic E-state index is 0.0451. The number of carboxylic acids is 1. The van der Waals surface area contributed by atoms with Crippen molar-refractivity contribution in [2.24, 2.45) is 0 Å². The van der Waals surface area contributed by atoms with E-state index >= 15 is 0 Å². The third-order valence-electron chi connectivity index (χ3n) is 2.25. The van der Waals surface area contributed by atoms with Gasteiger partial charge in [0.15, 0.2) is 5.78 Å². The van der Waals surface area contributed by atoms with Crippen LogP contribution in [0.4, 0.5) is 0 Å². The summed E-state index contributed by atoms with van der Waals surface area (Å²) in [7, 11) is 0. The molecular weight excluding hydrogens is 204 g/mol. The molecule has 0 bridgehead atoms. The Morgan fingerprint density at radius 3 is 2.56 bits per heavy atom. The molecule has 0 unspecified atom stereocenters. The topological polar surface area (TPSA) is 54.4 Å². The fourth-order valence-electron chi connectivity index (χ4n) is 1.48. The van der Waals surface area contributed by atoms with Crippen LogP contribution in [0.15, 0.2) is 36.9 Å². The molecule has 84 valence electrons. The van der Waals surface area contributed by atoms with Gasteiger partial charge in [0.2, 0.25) is 0 Å². The molecule has 0 aromatic heterocycles. The van der Waals surface area contributed by atoms with Gasteiger partial charge in [0.1, 0.15) is 0 Å². The molecule has 0 fully saturated rings. The van der Waals surface area contributed by atoms with Crippen LogP contribution in [-0.4, -0.2) is 16.9 Å². The van der Waals surface area contributed by atoms with Gasteiger partial charge in [0, 0.05) is 12.0 Å². The first-order valence-corrected chi connectivity index (χ1v) is 5.09. The van der Waals surface area contributed by atoms with Gasteiger partial charge in [-0.15, -0.1) is 6.58 Å². The van der Waals surface area contributed by atoms with Crippen LogP contribution in [0.2, 0.25) is 0 Å². The highest BCUT2D eigenvalue weighted by atomic mass is 16.4. The van der Waals surface area contributed by atoms with E-state index in [2.05, 4.69) is 6.58 Å². The molecule has 0 spiro atoms. The fourth-order valence-corrected chi connectivity index (χ4v) is 1.48. The standard InChI is InChI=1S/C13H14O3/c1-2-5-10-6-3-4-7-11(10)12(14)8-9-13(15)16/h2-4,6-7H,1,5,8-9H2,(H,15,16). The molecule has 1 rings (SSSR count). The molecular formula is C13H14O3. The first-order valence-electron chi connectivity index (χ1n) is 5.09. The molecule has 0 saturated heterocycles. The Balaban J connectivity index is 2.81. The number of allylic oxidation sites excluding steroid dienone is 1. The van der Waals surface area contributed by atoms with Crippen LogP contribution in [0.25, 0.3) is 0 Å². The fraction of sp³-hybridized carbons (Fsp3) is 0.231. The predicted molar refractivity (Wildman–Crippen MR) is 61.5 cm³/mol. The Labute approximate surface area is 94.4 Å². The van der Waals surface area contributed by atoms with Crippen LogP contribution in [0.5, 0.6) is 0 Å².